The second kappa shape index (κ2) is 6.12. The Morgan fingerprint density at radius 2 is 2.05 bits per heavy atom. The van der Waals surface area contributed by atoms with Crippen LogP contribution in [0.5, 0.6) is 0 Å². The quantitative estimate of drug-likeness (QED) is 0.848. The lowest BCUT2D eigenvalue weighted by molar-refractivity contribution is -0.111. The largest absolute Gasteiger partial charge is 0.354 e. The molecule has 2 amide bonds. The number of nitrogens with zero attached hydrogens (tertiary/aromatic N) is 1. The Morgan fingerprint density at radius 3 is 2.65 bits per heavy atom. The van der Waals surface area contributed by atoms with Crippen LogP contribution in [0.25, 0.3) is 10.4 Å². The van der Waals surface area contributed by atoms with Crippen molar-refractivity contribution in [3.63, 3.8) is 0 Å². The maximum Gasteiger partial charge on any atom is 0.263 e. The number of nitrogens with one attached hydrogen (secondary N) is 2. The Hall–Kier alpha value is -2.47. The van der Waals surface area contributed by atoms with Crippen LogP contribution in [-0.2, 0) is 4.79 Å². The standard InChI is InChI=1S/C14H13N3O2S/c1-3-12(18)17-10-8-11(9-4-6-16-7-5-9)20-13(10)14(19)15-2/h3-8H,1H2,2H3,(H,15,19)(H,17,18). The Labute approximate surface area is 120 Å². The summed E-state index contributed by atoms with van der Waals surface area (Å²) in [7, 11) is 1.55. The second-order valence-electron chi connectivity index (χ2n) is 3.86. The molecule has 0 aliphatic rings. The smallest absolute Gasteiger partial charge is 0.263 e. The Kier molecular flexibility index (Phi) is 4.27. The van der Waals surface area contributed by atoms with Crippen molar-refractivity contribution in [2.45, 2.75) is 0 Å². The van der Waals surface area contributed by atoms with E-state index in [9.17, 15) is 9.59 Å². The number of rotatable bonds is 4. The molecule has 102 valence electrons. The summed E-state index contributed by atoms with van der Waals surface area (Å²) in [6, 6.07) is 5.46. The van der Waals surface area contributed by atoms with Gasteiger partial charge in [-0.05, 0) is 29.8 Å². The molecule has 2 aromatic rings. The lowest BCUT2D eigenvalue weighted by Gasteiger charge is -2.02. The third kappa shape index (κ3) is 2.92. The number of amides is 2. The molecule has 0 saturated heterocycles. The number of pyridine rings is 1. The highest BCUT2D eigenvalue weighted by Crippen LogP contribution is 2.34. The first kappa shape index (κ1) is 14.0. The summed E-state index contributed by atoms with van der Waals surface area (Å²) in [6.07, 6.45) is 4.52. The zero-order valence-corrected chi connectivity index (χ0v) is 11.7. The summed E-state index contributed by atoms with van der Waals surface area (Å²) in [5.41, 5.74) is 1.42. The van der Waals surface area contributed by atoms with Crippen LogP contribution < -0.4 is 10.6 Å². The lowest BCUT2D eigenvalue weighted by Crippen LogP contribution is -2.19. The summed E-state index contributed by atoms with van der Waals surface area (Å²) in [5, 5.41) is 5.20. The van der Waals surface area contributed by atoms with E-state index in [1.165, 1.54) is 11.3 Å². The van der Waals surface area contributed by atoms with Gasteiger partial charge < -0.3 is 10.6 Å². The molecule has 2 N–H and O–H groups in total. The van der Waals surface area contributed by atoms with Gasteiger partial charge in [0.05, 0.1) is 5.69 Å². The van der Waals surface area contributed by atoms with Gasteiger partial charge in [0.2, 0.25) is 5.91 Å². The van der Waals surface area contributed by atoms with Gasteiger partial charge in [-0.25, -0.2) is 0 Å². The Bertz CT molecular complexity index is 650. The average molecular weight is 287 g/mol. The van der Waals surface area contributed by atoms with Crippen molar-refractivity contribution >= 4 is 28.8 Å². The molecule has 2 rings (SSSR count). The SMILES string of the molecule is C=CC(=O)Nc1cc(-c2ccncc2)sc1C(=O)NC. The summed E-state index contributed by atoms with van der Waals surface area (Å²) in [4.78, 5) is 28.6. The first-order valence-corrected chi connectivity index (χ1v) is 6.67. The van der Waals surface area contributed by atoms with Gasteiger partial charge >= 0.3 is 0 Å². The first-order chi connectivity index (χ1) is 9.65. The van der Waals surface area contributed by atoms with Crippen LogP contribution in [0.1, 0.15) is 9.67 Å². The summed E-state index contributed by atoms with van der Waals surface area (Å²) in [6.45, 7) is 3.40. The van der Waals surface area contributed by atoms with Crippen LogP contribution >= 0.6 is 11.3 Å². The molecule has 0 unspecified atom stereocenters. The predicted molar refractivity (Wildman–Crippen MR) is 79.8 cm³/mol. The second-order valence-corrected chi connectivity index (χ2v) is 4.91. The van der Waals surface area contributed by atoms with Gasteiger partial charge in [0, 0.05) is 24.3 Å². The topological polar surface area (TPSA) is 71.1 Å². The molecule has 0 atom stereocenters. The fourth-order valence-electron chi connectivity index (χ4n) is 1.61. The van der Waals surface area contributed by atoms with E-state index < -0.39 is 0 Å². The molecule has 0 aliphatic carbocycles. The molecule has 0 fully saturated rings. The number of hydrogen-bond donors (Lipinski definition) is 2. The molecule has 0 aromatic carbocycles. The summed E-state index contributed by atoms with van der Waals surface area (Å²) < 4.78 is 0. The molecule has 0 saturated carbocycles. The summed E-state index contributed by atoms with van der Waals surface area (Å²) in [5.74, 6) is -0.594. The molecule has 0 aliphatic heterocycles. The van der Waals surface area contributed by atoms with Gasteiger partial charge in [0.1, 0.15) is 4.88 Å². The minimum Gasteiger partial charge on any atom is -0.354 e. The predicted octanol–water partition coefficient (Wildman–Crippen LogP) is 2.29. The number of thiophene rings is 1. The molecule has 20 heavy (non-hydrogen) atoms. The number of carbonyl (C=O) groups is 2. The van der Waals surface area contributed by atoms with Gasteiger partial charge in [-0.3, -0.25) is 14.6 Å². The van der Waals surface area contributed by atoms with Crippen LogP contribution in [0.15, 0.2) is 43.2 Å². The van der Waals surface area contributed by atoms with E-state index in [2.05, 4.69) is 22.2 Å². The third-order valence-corrected chi connectivity index (χ3v) is 3.76. The molecule has 2 heterocycles. The van der Waals surface area contributed by atoms with Gasteiger partial charge in [-0.15, -0.1) is 11.3 Å². The summed E-state index contributed by atoms with van der Waals surface area (Å²) >= 11 is 1.31. The van der Waals surface area contributed by atoms with Crippen LogP contribution in [0.4, 0.5) is 5.69 Å². The van der Waals surface area contributed by atoms with Crippen molar-refractivity contribution in [2.75, 3.05) is 12.4 Å². The van der Waals surface area contributed by atoms with Crippen molar-refractivity contribution in [2.24, 2.45) is 0 Å². The lowest BCUT2D eigenvalue weighted by atomic mass is 10.2. The van der Waals surface area contributed by atoms with Crippen LogP contribution in [0, 0.1) is 0 Å². The number of anilines is 1. The zero-order chi connectivity index (χ0) is 14.5. The van der Waals surface area contributed by atoms with Crippen molar-refractivity contribution in [3.8, 4) is 10.4 Å². The van der Waals surface area contributed by atoms with Gasteiger partial charge in [-0.1, -0.05) is 6.58 Å². The average Bonchev–Trinajstić information content (AvgIpc) is 2.91. The normalized spacial score (nSPS) is 9.85. The van der Waals surface area contributed by atoms with Crippen molar-refractivity contribution in [1.29, 1.82) is 0 Å². The zero-order valence-electron chi connectivity index (χ0n) is 10.8. The minimum atomic E-state index is -0.353. The van der Waals surface area contributed by atoms with E-state index in [-0.39, 0.29) is 11.8 Å². The van der Waals surface area contributed by atoms with Crippen molar-refractivity contribution in [3.05, 3.63) is 48.1 Å². The number of hydrogen-bond acceptors (Lipinski definition) is 4. The van der Waals surface area contributed by atoms with E-state index in [0.717, 1.165) is 16.5 Å². The van der Waals surface area contributed by atoms with E-state index in [1.54, 1.807) is 25.5 Å². The van der Waals surface area contributed by atoms with Crippen molar-refractivity contribution in [1.82, 2.24) is 10.3 Å². The molecule has 2 aromatic heterocycles. The third-order valence-electron chi connectivity index (χ3n) is 2.57. The molecule has 6 heteroatoms. The fourth-order valence-corrected chi connectivity index (χ4v) is 2.67. The maximum atomic E-state index is 11.9. The Morgan fingerprint density at radius 1 is 1.35 bits per heavy atom. The molecule has 0 bridgehead atoms. The van der Waals surface area contributed by atoms with E-state index in [0.29, 0.717) is 10.6 Å². The minimum absolute atomic E-state index is 0.241. The fraction of sp³-hybridized carbons (Fsp3) is 0.0714. The van der Waals surface area contributed by atoms with Gasteiger partial charge in [0.15, 0.2) is 0 Å². The molecule has 0 radical (unpaired) electrons. The van der Waals surface area contributed by atoms with E-state index in [4.69, 9.17) is 0 Å². The van der Waals surface area contributed by atoms with E-state index >= 15 is 0 Å². The van der Waals surface area contributed by atoms with Crippen LogP contribution in [-0.4, -0.2) is 23.8 Å². The van der Waals surface area contributed by atoms with Crippen LogP contribution in [0.2, 0.25) is 0 Å². The highest BCUT2D eigenvalue weighted by Gasteiger charge is 2.17. The number of carbonyl (C=O) groups excluding carboxylic acids is 2. The molecule has 5 nitrogen and oxygen atoms in total. The maximum absolute atomic E-state index is 11.9. The molecule has 0 spiro atoms. The number of aromatic nitrogens is 1. The monoisotopic (exact) mass is 287 g/mol. The Balaban J connectivity index is 2.44. The van der Waals surface area contributed by atoms with Crippen LogP contribution in [0.3, 0.4) is 0 Å². The molecular weight excluding hydrogens is 274 g/mol. The van der Waals surface area contributed by atoms with Crippen molar-refractivity contribution < 1.29 is 9.59 Å². The van der Waals surface area contributed by atoms with Gasteiger partial charge in [0.25, 0.3) is 5.91 Å². The van der Waals surface area contributed by atoms with Gasteiger partial charge in [-0.2, -0.15) is 0 Å². The first-order valence-electron chi connectivity index (χ1n) is 5.85. The van der Waals surface area contributed by atoms with E-state index in [1.807, 2.05) is 12.1 Å². The highest BCUT2D eigenvalue weighted by atomic mass is 32.1. The molecular formula is C14H13N3O2S. The highest BCUT2D eigenvalue weighted by molar-refractivity contribution is 7.18.